The van der Waals surface area contributed by atoms with E-state index in [-0.39, 0.29) is 17.6 Å². The SMILES string of the molecule is Nc1ncc(-c2cc3n(n2)CCOC32CCN(C(=O)NC3CCC3)C2)cc1C(F)(F)F. The van der Waals surface area contributed by atoms with Crippen LogP contribution in [0.3, 0.4) is 0 Å². The maximum Gasteiger partial charge on any atom is 0.419 e. The van der Waals surface area contributed by atoms with Crippen LogP contribution in [0.2, 0.25) is 0 Å². The molecule has 3 N–H and O–H groups in total. The van der Waals surface area contributed by atoms with E-state index in [0.717, 1.165) is 31.0 Å². The van der Waals surface area contributed by atoms with Gasteiger partial charge in [-0.05, 0) is 31.4 Å². The lowest BCUT2D eigenvalue weighted by Crippen LogP contribution is -2.48. The summed E-state index contributed by atoms with van der Waals surface area (Å²) in [7, 11) is 0. The van der Waals surface area contributed by atoms with Crippen molar-refractivity contribution in [2.24, 2.45) is 0 Å². The molecule has 1 saturated heterocycles. The number of alkyl halides is 3. The van der Waals surface area contributed by atoms with E-state index in [1.54, 1.807) is 15.6 Å². The van der Waals surface area contributed by atoms with Crippen molar-refractivity contribution in [3.63, 3.8) is 0 Å². The third kappa shape index (κ3) is 3.50. The van der Waals surface area contributed by atoms with Gasteiger partial charge in [-0.25, -0.2) is 9.78 Å². The van der Waals surface area contributed by atoms with E-state index in [9.17, 15) is 18.0 Å². The number of nitrogens with two attached hydrogens (primary N) is 1. The fraction of sp³-hybridized carbons (Fsp3) is 0.550. The molecule has 1 aliphatic carbocycles. The first-order valence-electron chi connectivity index (χ1n) is 10.4. The van der Waals surface area contributed by atoms with E-state index in [1.807, 2.05) is 0 Å². The van der Waals surface area contributed by atoms with Crippen molar-refractivity contribution < 1.29 is 22.7 Å². The Bertz CT molecular complexity index is 1020. The first-order chi connectivity index (χ1) is 14.7. The molecule has 5 rings (SSSR count). The number of urea groups is 1. The lowest BCUT2D eigenvalue weighted by Gasteiger charge is -2.34. The molecule has 11 heteroatoms. The summed E-state index contributed by atoms with van der Waals surface area (Å²) in [5.74, 6) is -0.566. The van der Waals surface area contributed by atoms with Crippen LogP contribution in [0.1, 0.15) is 36.9 Å². The Hall–Kier alpha value is -2.82. The largest absolute Gasteiger partial charge is 0.419 e. The van der Waals surface area contributed by atoms with Crippen LogP contribution in [-0.2, 0) is 23.1 Å². The molecule has 31 heavy (non-hydrogen) atoms. The second-order valence-corrected chi connectivity index (χ2v) is 8.38. The van der Waals surface area contributed by atoms with Crippen molar-refractivity contribution in [1.29, 1.82) is 0 Å². The number of carbonyl (C=O) groups excluding carboxylic acids is 1. The minimum atomic E-state index is -4.60. The lowest BCUT2D eigenvalue weighted by molar-refractivity contribution is -0.137. The number of halogens is 3. The second-order valence-electron chi connectivity index (χ2n) is 8.38. The molecule has 8 nitrogen and oxygen atoms in total. The highest BCUT2D eigenvalue weighted by Gasteiger charge is 2.47. The van der Waals surface area contributed by atoms with Crippen molar-refractivity contribution >= 4 is 11.8 Å². The Morgan fingerprint density at radius 1 is 1.29 bits per heavy atom. The molecule has 2 aliphatic heterocycles. The number of nitrogens with zero attached hydrogens (tertiary/aromatic N) is 4. The molecule has 0 bridgehead atoms. The van der Waals surface area contributed by atoms with Crippen LogP contribution >= 0.6 is 0 Å². The molecule has 1 atom stereocenters. The summed E-state index contributed by atoms with van der Waals surface area (Å²) in [4.78, 5) is 18.0. The average molecular weight is 436 g/mol. The topological polar surface area (TPSA) is 98.3 Å². The highest BCUT2D eigenvalue weighted by atomic mass is 19.4. The molecule has 2 aromatic heterocycles. The lowest BCUT2D eigenvalue weighted by atomic mass is 9.93. The normalized spacial score (nSPS) is 23.6. The third-order valence-electron chi connectivity index (χ3n) is 6.40. The number of aromatic nitrogens is 3. The molecule has 4 heterocycles. The van der Waals surface area contributed by atoms with E-state index < -0.39 is 23.2 Å². The maximum absolute atomic E-state index is 13.2. The zero-order valence-electron chi connectivity index (χ0n) is 16.8. The summed E-state index contributed by atoms with van der Waals surface area (Å²) in [6.45, 7) is 1.82. The van der Waals surface area contributed by atoms with Gasteiger partial charge >= 0.3 is 12.2 Å². The van der Waals surface area contributed by atoms with Crippen molar-refractivity contribution in [2.45, 2.75) is 50.0 Å². The van der Waals surface area contributed by atoms with Crippen LogP contribution in [0.5, 0.6) is 0 Å². The Labute approximate surface area is 176 Å². The van der Waals surface area contributed by atoms with Crippen LogP contribution in [0, 0.1) is 0 Å². The maximum atomic E-state index is 13.2. The minimum Gasteiger partial charge on any atom is -0.383 e. The van der Waals surface area contributed by atoms with Gasteiger partial charge in [0.25, 0.3) is 0 Å². The summed E-state index contributed by atoms with van der Waals surface area (Å²) < 4.78 is 47.6. The Morgan fingerprint density at radius 3 is 2.81 bits per heavy atom. The second kappa shape index (κ2) is 7.11. The number of anilines is 1. The third-order valence-corrected chi connectivity index (χ3v) is 6.40. The predicted octanol–water partition coefficient (Wildman–Crippen LogP) is 2.74. The summed E-state index contributed by atoms with van der Waals surface area (Å²) in [5, 5.41) is 7.55. The molecule has 0 aromatic carbocycles. The summed E-state index contributed by atoms with van der Waals surface area (Å²) in [6.07, 6.45) is 0.440. The van der Waals surface area contributed by atoms with Gasteiger partial charge in [-0.2, -0.15) is 18.3 Å². The molecular weight excluding hydrogens is 413 g/mol. The monoisotopic (exact) mass is 436 g/mol. The van der Waals surface area contributed by atoms with Gasteiger partial charge in [0.2, 0.25) is 0 Å². The number of nitrogens with one attached hydrogen (secondary N) is 1. The van der Waals surface area contributed by atoms with Crippen LogP contribution < -0.4 is 11.1 Å². The highest BCUT2D eigenvalue weighted by molar-refractivity contribution is 5.75. The van der Waals surface area contributed by atoms with Crippen LogP contribution in [0.15, 0.2) is 18.3 Å². The Kier molecular flexibility index (Phi) is 4.61. The number of nitrogen functional groups attached to an aromatic ring is 1. The highest BCUT2D eigenvalue weighted by Crippen LogP contribution is 2.41. The number of fused-ring (bicyclic) bond motifs is 2. The molecule has 2 aromatic rings. The Morgan fingerprint density at radius 2 is 2.10 bits per heavy atom. The van der Waals surface area contributed by atoms with Gasteiger partial charge in [-0.15, -0.1) is 0 Å². The number of carbonyl (C=O) groups is 1. The van der Waals surface area contributed by atoms with Crippen LogP contribution in [0.4, 0.5) is 23.8 Å². The molecule has 2 fully saturated rings. The van der Waals surface area contributed by atoms with Crippen molar-refractivity contribution in [3.8, 4) is 11.3 Å². The van der Waals surface area contributed by atoms with Crippen LogP contribution in [0.25, 0.3) is 11.3 Å². The number of hydrogen-bond donors (Lipinski definition) is 2. The van der Waals surface area contributed by atoms with E-state index in [1.165, 1.54) is 6.20 Å². The molecule has 166 valence electrons. The summed E-state index contributed by atoms with van der Waals surface area (Å²) >= 11 is 0. The van der Waals surface area contributed by atoms with E-state index in [2.05, 4.69) is 15.4 Å². The van der Waals surface area contributed by atoms with E-state index >= 15 is 0 Å². The Balaban J connectivity index is 1.42. The van der Waals surface area contributed by atoms with Gasteiger partial charge in [-0.1, -0.05) is 0 Å². The number of pyridine rings is 1. The minimum absolute atomic E-state index is 0.0976. The molecule has 3 aliphatic rings. The zero-order chi connectivity index (χ0) is 21.8. The molecule has 1 spiro atoms. The van der Waals surface area contributed by atoms with E-state index in [4.69, 9.17) is 10.5 Å². The van der Waals surface area contributed by atoms with Crippen molar-refractivity contribution in [2.75, 3.05) is 25.4 Å². The van der Waals surface area contributed by atoms with Gasteiger partial charge in [-0.3, -0.25) is 4.68 Å². The number of ether oxygens (including phenoxy) is 1. The van der Waals surface area contributed by atoms with Gasteiger partial charge in [0.15, 0.2) is 0 Å². The first kappa shape index (κ1) is 20.1. The number of likely N-dealkylation sites (tertiary alicyclic amines) is 1. The van der Waals surface area contributed by atoms with Gasteiger partial charge < -0.3 is 20.7 Å². The standard InChI is InChI=1S/C20H23F3N6O2/c21-20(22,23)14-8-12(10-25-17(14)24)15-9-16-19(31-7-6-29(16)27-15)4-5-28(11-19)18(30)26-13-2-1-3-13/h8-10,13H,1-7,11H2,(H2,24,25)(H,26,30). The number of hydrogen-bond acceptors (Lipinski definition) is 5. The number of rotatable bonds is 2. The molecule has 2 amide bonds. The molecule has 1 unspecified atom stereocenters. The number of amides is 2. The fourth-order valence-corrected chi connectivity index (χ4v) is 4.44. The molecule has 0 radical (unpaired) electrons. The zero-order valence-corrected chi connectivity index (χ0v) is 16.8. The van der Waals surface area contributed by atoms with Crippen molar-refractivity contribution in [1.82, 2.24) is 25.0 Å². The van der Waals surface area contributed by atoms with Crippen molar-refractivity contribution in [3.05, 3.63) is 29.6 Å². The summed E-state index contributed by atoms with van der Waals surface area (Å²) in [5.41, 5.74) is 5.08. The molecule has 1 saturated carbocycles. The average Bonchev–Trinajstić information content (AvgIpc) is 3.30. The van der Waals surface area contributed by atoms with Gasteiger partial charge in [0.1, 0.15) is 11.4 Å². The quantitative estimate of drug-likeness (QED) is 0.755. The predicted molar refractivity (Wildman–Crippen MR) is 105 cm³/mol. The van der Waals surface area contributed by atoms with E-state index in [0.29, 0.717) is 38.4 Å². The first-order valence-corrected chi connectivity index (χ1v) is 10.4. The molecular formula is C20H23F3N6O2. The van der Waals surface area contributed by atoms with Crippen LogP contribution in [-0.4, -0.2) is 51.4 Å². The van der Waals surface area contributed by atoms with Gasteiger partial charge in [0, 0.05) is 30.8 Å². The summed E-state index contributed by atoms with van der Waals surface area (Å²) in [6, 6.07) is 2.85. The fourth-order valence-electron chi connectivity index (χ4n) is 4.44. The van der Waals surface area contributed by atoms with Gasteiger partial charge in [0.05, 0.1) is 36.6 Å². The smallest absolute Gasteiger partial charge is 0.383 e.